The minimum atomic E-state index is -0.140. The maximum atomic E-state index is 13.2. The van der Waals surface area contributed by atoms with Gasteiger partial charge >= 0.3 is 0 Å². The van der Waals surface area contributed by atoms with Gasteiger partial charge in [0, 0.05) is 12.1 Å². The maximum absolute atomic E-state index is 13.2. The highest BCUT2D eigenvalue weighted by Gasteiger charge is 2.21. The molecule has 2 unspecified atom stereocenters. The van der Waals surface area contributed by atoms with Crippen molar-refractivity contribution < 1.29 is 4.39 Å². The normalized spacial score (nSPS) is 21.2. The van der Waals surface area contributed by atoms with Gasteiger partial charge in [-0.1, -0.05) is 12.1 Å². The van der Waals surface area contributed by atoms with Gasteiger partial charge in [0.2, 0.25) is 0 Å². The summed E-state index contributed by atoms with van der Waals surface area (Å²) >= 11 is 0. The molecule has 0 amide bonds. The predicted octanol–water partition coefficient (Wildman–Crippen LogP) is 3.37. The summed E-state index contributed by atoms with van der Waals surface area (Å²) in [5, 5.41) is 3.47. The molecule has 0 fully saturated rings. The second-order valence-electron chi connectivity index (χ2n) is 4.48. The van der Waals surface area contributed by atoms with Gasteiger partial charge in [-0.25, -0.2) is 4.39 Å². The van der Waals surface area contributed by atoms with Crippen molar-refractivity contribution >= 4 is 0 Å². The van der Waals surface area contributed by atoms with Crippen LogP contribution in [0, 0.1) is 5.82 Å². The molecule has 0 saturated heterocycles. The molecule has 1 N–H and O–H groups in total. The number of benzene rings is 1. The number of hydrogen-bond acceptors (Lipinski definition) is 1. The second-order valence-corrected chi connectivity index (χ2v) is 4.48. The molecule has 2 heteroatoms. The molecule has 0 aromatic heterocycles. The molecule has 1 nitrogen and oxygen atoms in total. The SMILES string of the molecule is C=CC(C)NC1CCCc2ccc(F)cc21. The largest absolute Gasteiger partial charge is 0.304 e. The lowest BCUT2D eigenvalue weighted by atomic mass is 9.87. The van der Waals surface area contributed by atoms with Gasteiger partial charge in [-0.3, -0.25) is 0 Å². The Morgan fingerprint density at radius 1 is 1.56 bits per heavy atom. The Morgan fingerprint density at radius 2 is 2.38 bits per heavy atom. The maximum Gasteiger partial charge on any atom is 0.123 e. The van der Waals surface area contributed by atoms with Crippen LogP contribution in [0.4, 0.5) is 4.39 Å². The van der Waals surface area contributed by atoms with E-state index in [0.717, 1.165) is 18.4 Å². The van der Waals surface area contributed by atoms with Crippen LogP contribution in [0.15, 0.2) is 30.9 Å². The van der Waals surface area contributed by atoms with Crippen LogP contribution in [0.5, 0.6) is 0 Å². The van der Waals surface area contributed by atoms with Gasteiger partial charge in [0.05, 0.1) is 0 Å². The van der Waals surface area contributed by atoms with Crippen LogP contribution >= 0.6 is 0 Å². The molecule has 0 saturated carbocycles. The first-order valence-corrected chi connectivity index (χ1v) is 5.87. The fourth-order valence-electron chi connectivity index (χ4n) is 2.33. The highest BCUT2D eigenvalue weighted by molar-refractivity contribution is 5.33. The third-order valence-electron chi connectivity index (χ3n) is 3.24. The van der Waals surface area contributed by atoms with Crippen LogP contribution < -0.4 is 5.32 Å². The molecule has 0 radical (unpaired) electrons. The first kappa shape index (κ1) is 11.3. The van der Waals surface area contributed by atoms with Crippen molar-refractivity contribution in [2.24, 2.45) is 0 Å². The quantitative estimate of drug-likeness (QED) is 0.769. The average Bonchev–Trinajstić information content (AvgIpc) is 2.29. The first-order valence-electron chi connectivity index (χ1n) is 5.87. The van der Waals surface area contributed by atoms with Gasteiger partial charge < -0.3 is 5.32 Å². The second kappa shape index (κ2) is 4.79. The summed E-state index contributed by atoms with van der Waals surface area (Å²) in [5.74, 6) is -0.140. The summed E-state index contributed by atoms with van der Waals surface area (Å²) in [5.41, 5.74) is 2.40. The van der Waals surface area contributed by atoms with Crippen molar-refractivity contribution in [2.45, 2.75) is 38.3 Å². The summed E-state index contributed by atoms with van der Waals surface area (Å²) < 4.78 is 13.2. The smallest absolute Gasteiger partial charge is 0.123 e. The molecule has 2 atom stereocenters. The Bertz CT molecular complexity index is 386. The van der Waals surface area contributed by atoms with Gasteiger partial charge in [-0.15, -0.1) is 6.58 Å². The summed E-state index contributed by atoms with van der Waals surface area (Å²) in [4.78, 5) is 0. The van der Waals surface area contributed by atoms with Gasteiger partial charge in [0.15, 0.2) is 0 Å². The van der Waals surface area contributed by atoms with E-state index in [1.807, 2.05) is 12.1 Å². The number of rotatable bonds is 3. The van der Waals surface area contributed by atoms with Gasteiger partial charge in [0.1, 0.15) is 5.82 Å². The third-order valence-corrected chi connectivity index (χ3v) is 3.24. The van der Waals surface area contributed by atoms with E-state index in [4.69, 9.17) is 0 Å². The van der Waals surface area contributed by atoms with E-state index in [2.05, 4.69) is 18.8 Å². The summed E-state index contributed by atoms with van der Waals surface area (Å²) in [7, 11) is 0. The van der Waals surface area contributed by atoms with Gasteiger partial charge in [-0.05, 0) is 49.4 Å². The summed E-state index contributed by atoms with van der Waals surface area (Å²) in [6, 6.07) is 5.67. The standard InChI is InChI=1S/C14H18FN/c1-3-10(2)16-14-6-4-5-11-7-8-12(15)9-13(11)14/h3,7-10,14,16H,1,4-6H2,2H3. The fraction of sp³-hybridized carbons (Fsp3) is 0.429. The van der Waals surface area contributed by atoms with Crippen molar-refractivity contribution in [3.05, 3.63) is 47.8 Å². The molecule has 1 aromatic carbocycles. The lowest BCUT2D eigenvalue weighted by Crippen LogP contribution is -2.31. The lowest BCUT2D eigenvalue weighted by Gasteiger charge is -2.28. The number of halogens is 1. The zero-order chi connectivity index (χ0) is 11.5. The van der Waals surface area contributed by atoms with Gasteiger partial charge in [0.25, 0.3) is 0 Å². The van der Waals surface area contributed by atoms with E-state index in [1.54, 1.807) is 12.1 Å². The molecular weight excluding hydrogens is 201 g/mol. The van der Waals surface area contributed by atoms with E-state index in [9.17, 15) is 4.39 Å². The molecule has 1 aromatic rings. The molecule has 1 aliphatic rings. The van der Waals surface area contributed by atoms with E-state index in [1.165, 1.54) is 12.0 Å². The van der Waals surface area contributed by atoms with E-state index in [0.29, 0.717) is 0 Å². The van der Waals surface area contributed by atoms with Crippen molar-refractivity contribution in [3.8, 4) is 0 Å². The monoisotopic (exact) mass is 219 g/mol. The summed E-state index contributed by atoms with van der Waals surface area (Å²) in [6.45, 7) is 5.83. The van der Waals surface area contributed by atoms with E-state index < -0.39 is 0 Å². The zero-order valence-electron chi connectivity index (χ0n) is 9.67. The van der Waals surface area contributed by atoms with Crippen molar-refractivity contribution in [3.63, 3.8) is 0 Å². The molecule has 0 spiro atoms. The Kier molecular flexibility index (Phi) is 3.39. The minimum Gasteiger partial charge on any atom is -0.304 e. The van der Waals surface area contributed by atoms with Crippen LogP contribution in [0.2, 0.25) is 0 Å². The highest BCUT2D eigenvalue weighted by Crippen LogP contribution is 2.30. The molecule has 2 rings (SSSR count). The first-order chi connectivity index (χ1) is 7.70. The van der Waals surface area contributed by atoms with Crippen LogP contribution in [0.1, 0.15) is 36.9 Å². The topological polar surface area (TPSA) is 12.0 Å². The molecular formula is C14H18FN. The Hall–Kier alpha value is -1.15. The molecule has 0 heterocycles. The number of fused-ring (bicyclic) bond motifs is 1. The van der Waals surface area contributed by atoms with Gasteiger partial charge in [-0.2, -0.15) is 0 Å². The van der Waals surface area contributed by atoms with Crippen LogP contribution in [0.25, 0.3) is 0 Å². The lowest BCUT2D eigenvalue weighted by molar-refractivity contribution is 0.437. The Balaban J connectivity index is 2.24. The Morgan fingerprint density at radius 3 is 3.12 bits per heavy atom. The molecule has 16 heavy (non-hydrogen) atoms. The number of nitrogens with one attached hydrogen (secondary N) is 1. The van der Waals surface area contributed by atoms with Crippen molar-refractivity contribution in [1.29, 1.82) is 0 Å². The molecule has 1 aliphatic carbocycles. The average molecular weight is 219 g/mol. The Labute approximate surface area is 96.4 Å². The molecule has 0 bridgehead atoms. The van der Waals surface area contributed by atoms with Crippen molar-refractivity contribution in [2.75, 3.05) is 0 Å². The molecule has 86 valence electrons. The zero-order valence-corrected chi connectivity index (χ0v) is 9.67. The summed E-state index contributed by atoms with van der Waals surface area (Å²) in [6.07, 6.45) is 5.19. The van der Waals surface area contributed by atoms with Crippen molar-refractivity contribution in [1.82, 2.24) is 5.32 Å². The molecule has 0 aliphatic heterocycles. The highest BCUT2D eigenvalue weighted by atomic mass is 19.1. The van der Waals surface area contributed by atoms with Crippen LogP contribution in [-0.2, 0) is 6.42 Å². The van der Waals surface area contributed by atoms with E-state index in [-0.39, 0.29) is 17.9 Å². The van der Waals surface area contributed by atoms with E-state index >= 15 is 0 Å². The number of aryl methyl sites for hydroxylation is 1. The third kappa shape index (κ3) is 2.33. The van der Waals surface area contributed by atoms with Crippen LogP contribution in [0.3, 0.4) is 0 Å². The predicted molar refractivity (Wildman–Crippen MR) is 64.9 cm³/mol. The number of hydrogen-bond donors (Lipinski definition) is 1. The fourth-order valence-corrected chi connectivity index (χ4v) is 2.33. The van der Waals surface area contributed by atoms with Crippen LogP contribution in [-0.4, -0.2) is 6.04 Å². The minimum absolute atomic E-state index is 0.140.